The molecule has 1 aromatic rings. The Morgan fingerprint density at radius 3 is 2.86 bits per heavy atom. The molecule has 3 heteroatoms. The molecule has 0 radical (unpaired) electrons. The number of hydrogen-bond acceptors (Lipinski definition) is 3. The van der Waals surface area contributed by atoms with Crippen LogP contribution in [0.1, 0.15) is 54.5 Å². The van der Waals surface area contributed by atoms with E-state index in [9.17, 15) is 0 Å². The molecule has 0 aromatic carbocycles. The number of rotatable bonds is 4. The molecule has 0 saturated carbocycles. The number of allylic oxidation sites excluding steroid dienone is 4. The van der Waals surface area contributed by atoms with Crippen LogP contribution in [-0.4, -0.2) is 6.54 Å². The van der Waals surface area contributed by atoms with E-state index >= 15 is 0 Å². The normalized spacial score (nSPS) is 19.6. The van der Waals surface area contributed by atoms with Gasteiger partial charge in [0.05, 0.1) is 0 Å². The van der Waals surface area contributed by atoms with E-state index in [0.29, 0.717) is 5.41 Å². The maximum atomic E-state index is 4.28. The predicted molar refractivity (Wildman–Crippen MR) is 102 cm³/mol. The van der Waals surface area contributed by atoms with Crippen LogP contribution < -0.4 is 4.72 Å². The Morgan fingerprint density at radius 2 is 2.18 bits per heavy atom. The topological polar surface area (TPSA) is 12.0 Å². The number of thiol groups is 1. The lowest BCUT2D eigenvalue weighted by atomic mass is 9.75. The molecule has 0 spiro atoms. The molecule has 2 aliphatic rings. The van der Waals surface area contributed by atoms with Crippen LogP contribution in [-0.2, 0) is 12.8 Å². The molecule has 0 saturated heterocycles. The Labute approximate surface area is 143 Å². The fourth-order valence-corrected chi connectivity index (χ4v) is 5.18. The number of fused-ring (bicyclic) bond motifs is 1. The molecule has 0 aliphatic heterocycles. The largest absolute Gasteiger partial charge is 0.263 e. The Hall–Kier alpha value is -0.770. The second kappa shape index (κ2) is 6.03. The summed E-state index contributed by atoms with van der Waals surface area (Å²) in [4.78, 5) is 3.05. The number of thiophene rings is 1. The minimum Gasteiger partial charge on any atom is -0.263 e. The molecule has 1 aromatic heterocycles. The highest BCUT2D eigenvalue weighted by Gasteiger charge is 2.31. The molecule has 118 valence electrons. The summed E-state index contributed by atoms with van der Waals surface area (Å²) in [6.07, 6.45) is 9.27. The highest BCUT2D eigenvalue weighted by molar-refractivity contribution is 7.78. The fourth-order valence-electron chi connectivity index (χ4n) is 3.56. The quantitative estimate of drug-likeness (QED) is 0.700. The van der Waals surface area contributed by atoms with E-state index in [4.69, 9.17) is 0 Å². The second-order valence-electron chi connectivity index (χ2n) is 7.36. The third-order valence-electron chi connectivity index (χ3n) is 4.74. The third-order valence-corrected chi connectivity index (χ3v) is 6.26. The average Bonchev–Trinajstić information content (AvgIpc) is 3.01. The standard InChI is InChI=1S/C19H25NS2/c1-12(2)17-15-10-19(3,4)8-7-16(15)22-18(17)14-6-5-13(9-14)11-20-21/h5-6,20-21H,1,7-11H2,2-4H3. The van der Waals surface area contributed by atoms with Gasteiger partial charge >= 0.3 is 0 Å². The van der Waals surface area contributed by atoms with Crippen LogP contribution in [0.15, 0.2) is 24.3 Å². The second-order valence-corrected chi connectivity index (χ2v) is 8.78. The van der Waals surface area contributed by atoms with E-state index in [2.05, 4.69) is 57.0 Å². The van der Waals surface area contributed by atoms with Gasteiger partial charge in [-0.2, -0.15) is 0 Å². The number of hydrogen-bond donors (Lipinski definition) is 2. The van der Waals surface area contributed by atoms with Crippen molar-refractivity contribution in [3.63, 3.8) is 0 Å². The zero-order valence-electron chi connectivity index (χ0n) is 13.8. The van der Waals surface area contributed by atoms with Crippen LogP contribution in [0.2, 0.25) is 0 Å². The SMILES string of the molecule is C=C(C)c1c(C2=CC=C(CNS)C2)sc2c1CC(C)(C)CC2. The van der Waals surface area contributed by atoms with Crippen molar-refractivity contribution in [2.75, 3.05) is 6.54 Å². The Kier molecular flexibility index (Phi) is 4.41. The van der Waals surface area contributed by atoms with Crippen molar-refractivity contribution in [3.8, 4) is 0 Å². The zero-order chi connectivity index (χ0) is 15.9. The molecule has 0 amide bonds. The van der Waals surface area contributed by atoms with E-state index in [1.165, 1.54) is 46.4 Å². The summed E-state index contributed by atoms with van der Waals surface area (Å²) >= 11 is 6.12. The van der Waals surface area contributed by atoms with Crippen LogP contribution in [0.5, 0.6) is 0 Å². The Bertz CT molecular complexity index is 674. The summed E-state index contributed by atoms with van der Waals surface area (Å²) in [6.45, 7) is 12.1. The van der Waals surface area contributed by atoms with Gasteiger partial charge in [-0.1, -0.05) is 51.0 Å². The maximum absolute atomic E-state index is 4.28. The predicted octanol–water partition coefficient (Wildman–Crippen LogP) is 5.44. The summed E-state index contributed by atoms with van der Waals surface area (Å²) in [6, 6.07) is 0. The summed E-state index contributed by atoms with van der Waals surface area (Å²) in [5.41, 5.74) is 7.50. The zero-order valence-corrected chi connectivity index (χ0v) is 15.5. The summed E-state index contributed by atoms with van der Waals surface area (Å²) in [7, 11) is 0. The average molecular weight is 332 g/mol. The molecule has 2 aliphatic carbocycles. The highest BCUT2D eigenvalue weighted by atomic mass is 32.1. The van der Waals surface area contributed by atoms with Crippen molar-refractivity contribution in [1.29, 1.82) is 0 Å². The van der Waals surface area contributed by atoms with Crippen molar-refractivity contribution >= 4 is 35.3 Å². The van der Waals surface area contributed by atoms with Crippen molar-refractivity contribution in [2.45, 2.75) is 46.5 Å². The van der Waals surface area contributed by atoms with Gasteiger partial charge in [0.15, 0.2) is 0 Å². The smallest absolute Gasteiger partial charge is 0.0386 e. The van der Waals surface area contributed by atoms with Gasteiger partial charge in [0, 0.05) is 16.3 Å². The number of aryl methyl sites for hydroxylation is 1. The third kappa shape index (κ3) is 2.99. The molecule has 1 nitrogen and oxygen atoms in total. The molecule has 0 fully saturated rings. The lowest BCUT2D eigenvalue weighted by Gasteiger charge is -2.30. The Balaban J connectivity index is 1.97. The summed E-state index contributed by atoms with van der Waals surface area (Å²) in [5, 5.41) is 0. The van der Waals surface area contributed by atoms with E-state index in [1.807, 2.05) is 11.3 Å². The molecular formula is C19H25NS2. The van der Waals surface area contributed by atoms with Crippen molar-refractivity contribution in [1.82, 2.24) is 4.72 Å². The molecule has 0 bridgehead atoms. The van der Waals surface area contributed by atoms with Gasteiger partial charge in [-0.15, -0.1) is 11.3 Å². The van der Waals surface area contributed by atoms with Gasteiger partial charge < -0.3 is 0 Å². The first kappa shape index (κ1) is 16.1. The van der Waals surface area contributed by atoms with E-state index in [-0.39, 0.29) is 0 Å². The van der Waals surface area contributed by atoms with Gasteiger partial charge in [0.2, 0.25) is 0 Å². The number of nitrogens with one attached hydrogen (secondary N) is 1. The lowest BCUT2D eigenvalue weighted by Crippen LogP contribution is -2.21. The highest BCUT2D eigenvalue weighted by Crippen LogP contribution is 2.47. The van der Waals surface area contributed by atoms with Gasteiger partial charge in [-0.3, -0.25) is 4.72 Å². The van der Waals surface area contributed by atoms with Gasteiger partial charge in [0.25, 0.3) is 0 Å². The molecule has 0 atom stereocenters. The lowest BCUT2D eigenvalue weighted by molar-refractivity contribution is 0.317. The van der Waals surface area contributed by atoms with Crippen LogP contribution in [0.3, 0.4) is 0 Å². The van der Waals surface area contributed by atoms with Crippen LogP contribution in [0.25, 0.3) is 11.1 Å². The molecule has 0 unspecified atom stereocenters. The molecule has 1 heterocycles. The van der Waals surface area contributed by atoms with Crippen LogP contribution >= 0.6 is 24.2 Å². The molecule has 22 heavy (non-hydrogen) atoms. The fraction of sp³-hybridized carbons (Fsp3) is 0.474. The summed E-state index contributed by atoms with van der Waals surface area (Å²) < 4.78 is 2.96. The van der Waals surface area contributed by atoms with Crippen molar-refractivity contribution in [3.05, 3.63) is 45.2 Å². The first-order chi connectivity index (χ1) is 10.4. The first-order valence-electron chi connectivity index (χ1n) is 7.97. The van der Waals surface area contributed by atoms with E-state index in [1.54, 1.807) is 10.4 Å². The monoisotopic (exact) mass is 331 g/mol. The van der Waals surface area contributed by atoms with Gasteiger partial charge in [-0.25, -0.2) is 0 Å². The van der Waals surface area contributed by atoms with Gasteiger partial charge in [0.1, 0.15) is 0 Å². The summed E-state index contributed by atoms with van der Waals surface area (Å²) in [5.74, 6) is 0. The Morgan fingerprint density at radius 1 is 1.41 bits per heavy atom. The van der Waals surface area contributed by atoms with Crippen molar-refractivity contribution in [2.24, 2.45) is 5.41 Å². The van der Waals surface area contributed by atoms with Crippen LogP contribution in [0, 0.1) is 5.41 Å². The van der Waals surface area contributed by atoms with Crippen molar-refractivity contribution < 1.29 is 0 Å². The van der Waals surface area contributed by atoms with Gasteiger partial charge in [-0.05, 0) is 60.3 Å². The maximum Gasteiger partial charge on any atom is 0.0386 e. The molecule has 1 N–H and O–H groups in total. The van der Waals surface area contributed by atoms with E-state index in [0.717, 1.165) is 13.0 Å². The molecule has 3 rings (SSSR count). The first-order valence-corrected chi connectivity index (χ1v) is 9.24. The molecular weight excluding hydrogens is 306 g/mol. The minimum absolute atomic E-state index is 0.416. The van der Waals surface area contributed by atoms with E-state index < -0.39 is 0 Å². The van der Waals surface area contributed by atoms with Crippen LogP contribution in [0.4, 0.5) is 0 Å². The minimum atomic E-state index is 0.416.